The van der Waals surface area contributed by atoms with E-state index in [1.165, 1.54) is 0 Å². The minimum absolute atomic E-state index is 0.0756. The van der Waals surface area contributed by atoms with Crippen molar-refractivity contribution in [1.82, 2.24) is 0 Å². The highest BCUT2D eigenvalue weighted by atomic mass is 16.7. The van der Waals surface area contributed by atoms with Crippen molar-refractivity contribution in [3.63, 3.8) is 0 Å². The molecule has 4 aliphatic rings. The monoisotopic (exact) mass is 404 g/mol. The van der Waals surface area contributed by atoms with Gasteiger partial charge in [-0.25, -0.2) is 0 Å². The van der Waals surface area contributed by atoms with E-state index in [0.29, 0.717) is 37.6 Å². The molecule has 0 aromatic carbocycles. The predicted octanol–water partition coefficient (Wildman–Crippen LogP) is 1.54. The number of epoxide rings is 4. The fourth-order valence-corrected chi connectivity index (χ4v) is 2.37. The highest BCUT2D eigenvalue weighted by Gasteiger charge is 2.27. The van der Waals surface area contributed by atoms with Crippen molar-refractivity contribution in [3.05, 3.63) is 0 Å². The lowest BCUT2D eigenvalue weighted by Crippen LogP contribution is -2.21. The summed E-state index contributed by atoms with van der Waals surface area (Å²) in [5.41, 5.74) is 0. The van der Waals surface area contributed by atoms with Crippen molar-refractivity contribution < 1.29 is 37.9 Å². The number of unbranched alkanes of at least 4 members (excludes halogenated alkanes) is 1. The first kappa shape index (κ1) is 22.4. The molecule has 164 valence electrons. The quantitative estimate of drug-likeness (QED) is 0.205. The number of hydrogen-bond acceptors (Lipinski definition) is 8. The summed E-state index contributed by atoms with van der Waals surface area (Å²) in [5.74, 6) is 0. The maximum atomic E-state index is 5.58. The van der Waals surface area contributed by atoms with E-state index in [4.69, 9.17) is 37.9 Å². The van der Waals surface area contributed by atoms with E-state index in [9.17, 15) is 0 Å². The summed E-state index contributed by atoms with van der Waals surface area (Å²) < 4.78 is 42.1. The molecule has 8 heteroatoms. The van der Waals surface area contributed by atoms with Gasteiger partial charge in [0.1, 0.15) is 24.4 Å². The number of hydrogen-bond donors (Lipinski definition) is 0. The molecule has 0 aromatic rings. The third-order valence-corrected chi connectivity index (χ3v) is 4.50. The van der Waals surface area contributed by atoms with E-state index in [1.54, 1.807) is 0 Å². The topological polar surface area (TPSA) is 87.0 Å². The zero-order valence-electron chi connectivity index (χ0n) is 17.1. The third-order valence-electron chi connectivity index (χ3n) is 4.50. The Morgan fingerprint density at radius 3 is 1.43 bits per heavy atom. The molecular formula is C20H36O8. The van der Waals surface area contributed by atoms with Gasteiger partial charge < -0.3 is 37.9 Å². The van der Waals surface area contributed by atoms with Crippen LogP contribution in [0, 0.1) is 0 Å². The van der Waals surface area contributed by atoms with Crippen LogP contribution in [-0.4, -0.2) is 96.8 Å². The molecule has 4 saturated heterocycles. The Morgan fingerprint density at radius 1 is 0.679 bits per heavy atom. The number of rotatable bonds is 17. The second-order valence-electron chi connectivity index (χ2n) is 7.56. The van der Waals surface area contributed by atoms with E-state index in [1.807, 2.05) is 0 Å². The highest BCUT2D eigenvalue weighted by Crippen LogP contribution is 2.15. The molecule has 28 heavy (non-hydrogen) atoms. The van der Waals surface area contributed by atoms with Crippen molar-refractivity contribution in [3.8, 4) is 0 Å². The molecule has 4 aliphatic heterocycles. The van der Waals surface area contributed by atoms with Crippen LogP contribution in [0.5, 0.6) is 0 Å². The molecule has 0 N–H and O–H groups in total. The van der Waals surface area contributed by atoms with E-state index >= 15 is 0 Å². The lowest BCUT2D eigenvalue weighted by Gasteiger charge is -2.16. The molecule has 4 atom stereocenters. The van der Waals surface area contributed by atoms with Crippen molar-refractivity contribution in [2.45, 2.75) is 63.3 Å². The molecular weight excluding hydrogens is 368 g/mol. The summed E-state index contributed by atoms with van der Waals surface area (Å²) in [4.78, 5) is 0. The van der Waals surface area contributed by atoms with Gasteiger partial charge in [0.2, 0.25) is 0 Å². The van der Waals surface area contributed by atoms with Crippen LogP contribution < -0.4 is 0 Å². The lowest BCUT2D eigenvalue weighted by atomic mass is 10.3. The van der Waals surface area contributed by atoms with Crippen LogP contribution >= 0.6 is 0 Å². The summed E-state index contributed by atoms with van der Waals surface area (Å²) in [6, 6.07) is 0. The molecule has 4 heterocycles. The summed E-state index contributed by atoms with van der Waals surface area (Å²) in [6.45, 7) is 10.1. The first-order valence-electron chi connectivity index (χ1n) is 10.7. The second-order valence-corrected chi connectivity index (χ2v) is 7.56. The normalized spacial score (nSPS) is 30.3. The molecule has 0 radical (unpaired) electrons. The van der Waals surface area contributed by atoms with Crippen LogP contribution in [0.4, 0.5) is 0 Å². The minimum atomic E-state index is -0.0756. The molecule has 0 saturated carbocycles. The smallest absolute Gasteiger partial charge is 0.157 e. The molecule has 0 bridgehead atoms. The maximum Gasteiger partial charge on any atom is 0.157 e. The van der Waals surface area contributed by atoms with E-state index in [2.05, 4.69) is 6.92 Å². The average Bonchev–Trinajstić information content (AvgIpc) is 3.56. The Morgan fingerprint density at radius 2 is 1.07 bits per heavy atom. The molecule has 0 aliphatic carbocycles. The van der Waals surface area contributed by atoms with Crippen molar-refractivity contribution in [1.29, 1.82) is 0 Å². The third kappa shape index (κ3) is 12.3. The van der Waals surface area contributed by atoms with Gasteiger partial charge in [-0.2, -0.15) is 0 Å². The first-order valence-corrected chi connectivity index (χ1v) is 10.7. The van der Waals surface area contributed by atoms with Crippen LogP contribution in [-0.2, 0) is 37.9 Å². The van der Waals surface area contributed by atoms with Crippen LogP contribution in [0.15, 0.2) is 0 Å². The largest absolute Gasteiger partial charge is 0.379 e. The van der Waals surface area contributed by atoms with E-state index < -0.39 is 0 Å². The Labute approximate surface area is 168 Å². The summed E-state index contributed by atoms with van der Waals surface area (Å²) in [6.07, 6.45) is 5.48. The SMILES string of the molecule is C(CCOCC1CO1)COCC1CO1.CCCC(OCC1CO1)OCC1CO1. The van der Waals surface area contributed by atoms with Crippen LogP contribution in [0.25, 0.3) is 0 Å². The Balaban J connectivity index is 0.000000161. The van der Waals surface area contributed by atoms with Gasteiger partial charge in [0.15, 0.2) is 6.29 Å². The molecule has 0 spiro atoms. The predicted molar refractivity (Wildman–Crippen MR) is 100 cm³/mol. The maximum absolute atomic E-state index is 5.58. The molecule has 4 fully saturated rings. The molecule has 8 nitrogen and oxygen atoms in total. The fraction of sp³-hybridized carbons (Fsp3) is 1.00. The van der Waals surface area contributed by atoms with Gasteiger partial charge in [-0.1, -0.05) is 13.3 Å². The van der Waals surface area contributed by atoms with Crippen LogP contribution in [0.2, 0.25) is 0 Å². The zero-order valence-corrected chi connectivity index (χ0v) is 17.1. The summed E-state index contributed by atoms with van der Waals surface area (Å²) in [7, 11) is 0. The van der Waals surface area contributed by atoms with E-state index in [0.717, 1.165) is 78.5 Å². The van der Waals surface area contributed by atoms with Gasteiger partial charge in [-0.05, 0) is 19.3 Å². The Kier molecular flexibility index (Phi) is 10.4. The molecule has 4 rings (SSSR count). The first-order chi connectivity index (χ1) is 13.8. The zero-order chi connectivity index (χ0) is 19.4. The van der Waals surface area contributed by atoms with Gasteiger partial charge in [0.25, 0.3) is 0 Å². The Hall–Kier alpha value is -0.320. The van der Waals surface area contributed by atoms with Gasteiger partial charge in [-0.3, -0.25) is 0 Å². The van der Waals surface area contributed by atoms with E-state index in [-0.39, 0.29) is 6.29 Å². The van der Waals surface area contributed by atoms with Crippen molar-refractivity contribution >= 4 is 0 Å². The van der Waals surface area contributed by atoms with Gasteiger partial charge in [0, 0.05) is 13.2 Å². The molecule has 0 aromatic heterocycles. The van der Waals surface area contributed by atoms with Crippen molar-refractivity contribution in [2.24, 2.45) is 0 Å². The highest BCUT2D eigenvalue weighted by molar-refractivity contribution is 4.70. The van der Waals surface area contributed by atoms with Gasteiger partial charge in [-0.15, -0.1) is 0 Å². The van der Waals surface area contributed by atoms with Crippen LogP contribution in [0.1, 0.15) is 32.6 Å². The molecule has 4 unspecified atom stereocenters. The average molecular weight is 405 g/mol. The lowest BCUT2D eigenvalue weighted by molar-refractivity contribution is -0.150. The summed E-state index contributed by atoms with van der Waals surface area (Å²) in [5, 5.41) is 0. The Bertz CT molecular complexity index is 360. The van der Waals surface area contributed by atoms with Gasteiger partial charge >= 0.3 is 0 Å². The minimum Gasteiger partial charge on any atom is -0.379 e. The van der Waals surface area contributed by atoms with Crippen molar-refractivity contribution in [2.75, 3.05) is 66.1 Å². The van der Waals surface area contributed by atoms with Gasteiger partial charge in [0.05, 0.1) is 52.9 Å². The van der Waals surface area contributed by atoms with Crippen LogP contribution in [0.3, 0.4) is 0 Å². The standard InChI is InChI=1S/2C10H18O4/c1-2-3-10(13-6-8-4-11-8)14-7-9-5-12-9;1(3-11-5-9-7-13-9)2-4-12-6-10-8-14-10/h8-10H,2-7H2,1H3;9-10H,1-8H2. The molecule has 0 amide bonds. The fourth-order valence-electron chi connectivity index (χ4n) is 2.37. The second kappa shape index (κ2) is 13.1. The summed E-state index contributed by atoms with van der Waals surface area (Å²) >= 11 is 0. The number of ether oxygens (including phenoxy) is 8.